The molecule has 1 heterocycles. The molecule has 6 heteroatoms. The normalized spacial score (nSPS) is 11.9. The van der Waals surface area contributed by atoms with Gasteiger partial charge in [0.05, 0.1) is 16.7 Å². The van der Waals surface area contributed by atoms with Crippen molar-refractivity contribution in [3.05, 3.63) is 58.1 Å². The van der Waals surface area contributed by atoms with E-state index in [1.165, 1.54) is 0 Å². The van der Waals surface area contributed by atoms with Crippen molar-refractivity contribution >= 4 is 17.5 Å². The predicted molar refractivity (Wildman–Crippen MR) is 93.8 cm³/mol. The van der Waals surface area contributed by atoms with Gasteiger partial charge in [-0.1, -0.05) is 30.7 Å². The van der Waals surface area contributed by atoms with Gasteiger partial charge in [-0.05, 0) is 36.2 Å². The summed E-state index contributed by atoms with van der Waals surface area (Å²) in [6, 6.07) is 12.6. The smallest absolute Gasteiger partial charge is 0.254 e. The first-order valence-corrected chi connectivity index (χ1v) is 8.37. The Morgan fingerprint density at radius 2 is 2.04 bits per heavy atom. The van der Waals surface area contributed by atoms with Crippen molar-refractivity contribution in [2.45, 2.75) is 19.9 Å². The van der Waals surface area contributed by atoms with Crippen molar-refractivity contribution in [2.24, 2.45) is 0 Å². The van der Waals surface area contributed by atoms with Crippen molar-refractivity contribution in [2.75, 3.05) is 13.3 Å². The van der Waals surface area contributed by atoms with Crippen LogP contribution in [-0.2, 0) is 6.54 Å². The van der Waals surface area contributed by atoms with Crippen LogP contribution in [0.15, 0.2) is 36.4 Å². The molecule has 2 aromatic rings. The molecule has 0 radical (unpaired) electrons. The summed E-state index contributed by atoms with van der Waals surface area (Å²) in [4.78, 5) is 14.7. The van der Waals surface area contributed by atoms with Gasteiger partial charge in [-0.25, -0.2) is 0 Å². The van der Waals surface area contributed by atoms with Gasteiger partial charge in [0.15, 0.2) is 11.5 Å². The molecule has 1 aliphatic rings. The van der Waals surface area contributed by atoms with E-state index < -0.39 is 0 Å². The third-order valence-electron chi connectivity index (χ3n) is 3.91. The highest BCUT2D eigenvalue weighted by Crippen LogP contribution is 2.40. The Labute approximate surface area is 151 Å². The molecule has 25 heavy (non-hydrogen) atoms. The van der Waals surface area contributed by atoms with Crippen LogP contribution >= 0.6 is 11.6 Å². The molecule has 5 nitrogen and oxygen atoms in total. The number of amides is 1. The molecule has 0 N–H and O–H groups in total. The summed E-state index contributed by atoms with van der Waals surface area (Å²) in [5.41, 5.74) is 2.03. The first kappa shape index (κ1) is 17.1. The van der Waals surface area contributed by atoms with Gasteiger partial charge in [0.25, 0.3) is 5.91 Å². The van der Waals surface area contributed by atoms with Crippen LogP contribution in [0.3, 0.4) is 0 Å². The van der Waals surface area contributed by atoms with Crippen LogP contribution in [0.2, 0.25) is 5.02 Å². The maximum Gasteiger partial charge on any atom is 0.254 e. The maximum atomic E-state index is 12.9. The third-order valence-corrected chi connectivity index (χ3v) is 4.19. The van der Waals surface area contributed by atoms with E-state index in [4.69, 9.17) is 26.3 Å². The summed E-state index contributed by atoms with van der Waals surface area (Å²) < 4.78 is 10.6. The van der Waals surface area contributed by atoms with E-state index in [0.29, 0.717) is 40.7 Å². The second kappa shape index (κ2) is 7.45. The Balaban J connectivity index is 1.83. The molecule has 1 aliphatic heterocycles. The molecule has 0 bridgehead atoms. The summed E-state index contributed by atoms with van der Waals surface area (Å²) in [7, 11) is 0. The number of carbonyl (C=O) groups excluding carboxylic acids is 1. The number of ether oxygens (including phenoxy) is 2. The van der Waals surface area contributed by atoms with E-state index in [1.54, 1.807) is 29.2 Å². The van der Waals surface area contributed by atoms with Gasteiger partial charge in [0, 0.05) is 18.7 Å². The topological polar surface area (TPSA) is 62.6 Å². The largest absolute Gasteiger partial charge is 0.454 e. The standard InChI is InChI=1S/C19H17ClN2O3/c1-2-7-22(11-14-5-3-13(10-21)4-6-14)19(23)15-8-16(20)18-17(9-15)24-12-25-18/h3-6,8-9H,2,7,11-12H2,1H3. The predicted octanol–water partition coefficient (Wildman–Crippen LogP) is 3.99. The lowest BCUT2D eigenvalue weighted by atomic mass is 10.1. The summed E-state index contributed by atoms with van der Waals surface area (Å²) in [5, 5.41) is 9.25. The number of nitrogens with zero attached hydrogens (tertiary/aromatic N) is 2. The molecule has 0 saturated carbocycles. The summed E-state index contributed by atoms with van der Waals surface area (Å²) >= 11 is 6.19. The summed E-state index contributed by atoms with van der Waals surface area (Å²) in [5.74, 6) is 0.851. The molecule has 128 valence electrons. The van der Waals surface area contributed by atoms with Crippen molar-refractivity contribution < 1.29 is 14.3 Å². The van der Waals surface area contributed by atoms with Gasteiger partial charge in [-0.3, -0.25) is 4.79 Å². The number of fused-ring (bicyclic) bond motifs is 1. The van der Waals surface area contributed by atoms with Crippen LogP contribution in [0.25, 0.3) is 0 Å². The molecule has 0 aliphatic carbocycles. The minimum absolute atomic E-state index is 0.108. The van der Waals surface area contributed by atoms with Crippen LogP contribution < -0.4 is 9.47 Å². The summed E-state index contributed by atoms with van der Waals surface area (Å²) in [6.45, 7) is 3.21. The van der Waals surface area contributed by atoms with Crippen LogP contribution in [0.1, 0.15) is 34.8 Å². The maximum absolute atomic E-state index is 12.9. The highest BCUT2D eigenvalue weighted by atomic mass is 35.5. The molecule has 0 atom stereocenters. The van der Waals surface area contributed by atoms with Crippen LogP contribution in [0, 0.1) is 11.3 Å². The molecule has 2 aromatic carbocycles. The lowest BCUT2D eigenvalue weighted by Crippen LogP contribution is -2.31. The second-order valence-electron chi connectivity index (χ2n) is 5.73. The Morgan fingerprint density at radius 3 is 2.72 bits per heavy atom. The minimum Gasteiger partial charge on any atom is -0.454 e. The SMILES string of the molecule is CCCN(Cc1ccc(C#N)cc1)C(=O)c1cc(Cl)c2c(c1)OCO2. The number of halogens is 1. The van der Waals surface area contributed by atoms with Gasteiger partial charge < -0.3 is 14.4 Å². The first-order valence-electron chi connectivity index (χ1n) is 8.00. The third kappa shape index (κ3) is 3.70. The highest BCUT2D eigenvalue weighted by Gasteiger charge is 2.23. The van der Waals surface area contributed by atoms with E-state index in [1.807, 2.05) is 19.1 Å². The number of hydrogen-bond acceptors (Lipinski definition) is 4. The van der Waals surface area contributed by atoms with E-state index in [2.05, 4.69) is 6.07 Å². The summed E-state index contributed by atoms with van der Waals surface area (Å²) in [6.07, 6.45) is 0.834. The van der Waals surface area contributed by atoms with Gasteiger partial charge >= 0.3 is 0 Å². The highest BCUT2D eigenvalue weighted by molar-refractivity contribution is 6.32. The van der Waals surface area contributed by atoms with Gasteiger partial charge in [0.2, 0.25) is 6.79 Å². The Hall–Kier alpha value is -2.71. The molecule has 0 fully saturated rings. The van der Waals surface area contributed by atoms with Gasteiger partial charge in [-0.15, -0.1) is 0 Å². The van der Waals surface area contributed by atoms with Crippen molar-refractivity contribution in [1.82, 2.24) is 4.90 Å². The fourth-order valence-corrected chi connectivity index (χ4v) is 2.97. The Kier molecular flexibility index (Phi) is 5.11. The first-order chi connectivity index (χ1) is 12.1. The van der Waals surface area contributed by atoms with Crippen LogP contribution in [-0.4, -0.2) is 24.1 Å². The lowest BCUT2D eigenvalue weighted by Gasteiger charge is -2.22. The number of benzene rings is 2. The molecular formula is C19H17ClN2O3. The Morgan fingerprint density at radius 1 is 1.28 bits per heavy atom. The minimum atomic E-state index is -0.119. The van der Waals surface area contributed by atoms with E-state index in [0.717, 1.165) is 12.0 Å². The number of rotatable bonds is 5. The fraction of sp³-hybridized carbons (Fsp3) is 0.263. The van der Waals surface area contributed by atoms with Crippen molar-refractivity contribution in [3.8, 4) is 17.6 Å². The fourth-order valence-electron chi connectivity index (χ4n) is 2.70. The average molecular weight is 357 g/mol. The van der Waals surface area contributed by atoms with Crippen molar-refractivity contribution in [3.63, 3.8) is 0 Å². The number of carbonyl (C=O) groups is 1. The monoisotopic (exact) mass is 356 g/mol. The zero-order valence-electron chi connectivity index (χ0n) is 13.8. The molecule has 0 unspecified atom stereocenters. The second-order valence-corrected chi connectivity index (χ2v) is 6.13. The molecule has 0 aromatic heterocycles. The number of hydrogen-bond donors (Lipinski definition) is 0. The van der Waals surface area contributed by atoms with Crippen LogP contribution in [0.4, 0.5) is 0 Å². The Bertz CT molecular complexity index is 828. The average Bonchev–Trinajstić information content (AvgIpc) is 3.10. The number of nitriles is 1. The molecule has 1 amide bonds. The van der Waals surface area contributed by atoms with Crippen molar-refractivity contribution in [1.29, 1.82) is 5.26 Å². The quantitative estimate of drug-likeness (QED) is 0.812. The van der Waals surface area contributed by atoms with E-state index in [-0.39, 0.29) is 12.7 Å². The van der Waals surface area contributed by atoms with Gasteiger partial charge in [-0.2, -0.15) is 5.26 Å². The van der Waals surface area contributed by atoms with E-state index in [9.17, 15) is 4.79 Å². The zero-order valence-corrected chi connectivity index (χ0v) is 14.5. The molecule has 0 spiro atoms. The molecular weight excluding hydrogens is 340 g/mol. The van der Waals surface area contributed by atoms with Gasteiger partial charge in [0.1, 0.15) is 0 Å². The lowest BCUT2D eigenvalue weighted by molar-refractivity contribution is 0.0743. The molecule has 0 saturated heterocycles. The molecule has 3 rings (SSSR count). The van der Waals surface area contributed by atoms with Crippen LogP contribution in [0.5, 0.6) is 11.5 Å². The van der Waals surface area contributed by atoms with E-state index >= 15 is 0 Å². The zero-order chi connectivity index (χ0) is 17.8.